The number of aliphatic imine (C=N–C) groups is 1. The highest BCUT2D eigenvalue weighted by Gasteiger charge is 2.22. The maximum absolute atomic E-state index is 10.2. The smallest absolute Gasteiger partial charge is 0.166 e. The molecule has 2 heterocycles. The van der Waals surface area contributed by atoms with E-state index in [9.17, 15) is 10.4 Å². The topological polar surface area (TPSA) is 68.8 Å². The predicted octanol–water partition coefficient (Wildman–Crippen LogP) is 3.73. The molecule has 1 aromatic heterocycles. The van der Waals surface area contributed by atoms with Gasteiger partial charge in [0, 0.05) is 40.8 Å². The lowest BCUT2D eigenvalue weighted by molar-refractivity contribution is 0.317. The number of benzene rings is 1. The number of hydrogen-bond donors (Lipinski definition) is 1. The van der Waals surface area contributed by atoms with Gasteiger partial charge in [0.25, 0.3) is 0 Å². The summed E-state index contributed by atoms with van der Waals surface area (Å²) >= 11 is 7.55. The molecule has 124 valence electrons. The number of thiophene rings is 1. The van der Waals surface area contributed by atoms with Crippen LogP contribution in [-0.4, -0.2) is 36.9 Å². The Labute approximate surface area is 149 Å². The number of rotatable bonds is 3. The number of phenols is 1. The number of nitrogens with zero attached hydrogens (tertiary/aromatic N) is 3. The Balaban J connectivity index is 1.99. The fourth-order valence-electron chi connectivity index (χ4n) is 2.70. The largest absolute Gasteiger partial charge is 0.504 e. The van der Waals surface area contributed by atoms with E-state index >= 15 is 0 Å². The minimum Gasteiger partial charge on any atom is -0.504 e. The summed E-state index contributed by atoms with van der Waals surface area (Å²) < 4.78 is 5.09. The van der Waals surface area contributed by atoms with E-state index in [-0.39, 0.29) is 11.5 Å². The van der Waals surface area contributed by atoms with E-state index < -0.39 is 0 Å². The number of halogens is 1. The van der Waals surface area contributed by atoms with Crippen LogP contribution in [-0.2, 0) is 13.0 Å². The highest BCUT2D eigenvalue weighted by atomic mass is 35.5. The first-order chi connectivity index (χ1) is 11.5. The summed E-state index contributed by atoms with van der Waals surface area (Å²) in [6, 6.07) is 5.41. The van der Waals surface area contributed by atoms with Crippen LogP contribution in [0.5, 0.6) is 11.5 Å². The molecule has 0 spiro atoms. The Hall–Kier alpha value is -2.07. The van der Waals surface area contributed by atoms with Gasteiger partial charge in [0.2, 0.25) is 0 Å². The summed E-state index contributed by atoms with van der Waals surface area (Å²) in [5.41, 5.74) is 2.18. The summed E-state index contributed by atoms with van der Waals surface area (Å²) in [6.45, 7) is 1.77. The van der Waals surface area contributed by atoms with Crippen LogP contribution in [0, 0.1) is 11.3 Å². The second-order valence-corrected chi connectivity index (χ2v) is 7.11. The Bertz CT molecular complexity index is 854. The lowest BCUT2D eigenvalue weighted by Gasteiger charge is -2.21. The molecule has 0 amide bonds. The SMILES string of the molecule is COc1cc(Cl)cc(C=Nc2sc3c(c2C#N)CCN(C)C3)c1O. The summed E-state index contributed by atoms with van der Waals surface area (Å²) in [5.74, 6) is 0.266. The zero-order valence-corrected chi connectivity index (χ0v) is 14.9. The van der Waals surface area contributed by atoms with E-state index in [0.29, 0.717) is 21.2 Å². The summed E-state index contributed by atoms with van der Waals surface area (Å²) in [4.78, 5) is 7.84. The number of methoxy groups -OCH3 is 1. The van der Waals surface area contributed by atoms with E-state index in [2.05, 4.69) is 23.0 Å². The van der Waals surface area contributed by atoms with Crippen LogP contribution in [0.25, 0.3) is 0 Å². The molecular formula is C17H16ClN3O2S. The van der Waals surface area contributed by atoms with Gasteiger partial charge in [-0.15, -0.1) is 11.3 Å². The number of phenolic OH excluding ortho intramolecular Hbond substituents is 1. The highest BCUT2D eigenvalue weighted by molar-refractivity contribution is 7.16. The monoisotopic (exact) mass is 361 g/mol. The molecule has 1 aliphatic heterocycles. The lowest BCUT2D eigenvalue weighted by atomic mass is 10.0. The van der Waals surface area contributed by atoms with Crippen molar-refractivity contribution in [2.24, 2.45) is 4.99 Å². The maximum Gasteiger partial charge on any atom is 0.166 e. The third-order valence-corrected chi connectivity index (χ3v) is 5.29. The summed E-state index contributed by atoms with van der Waals surface area (Å²) in [7, 11) is 3.53. The van der Waals surface area contributed by atoms with Crippen LogP contribution in [0.3, 0.4) is 0 Å². The van der Waals surface area contributed by atoms with Gasteiger partial charge in [0.15, 0.2) is 11.5 Å². The second-order valence-electron chi connectivity index (χ2n) is 5.59. The Morgan fingerprint density at radius 1 is 1.50 bits per heavy atom. The molecule has 0 bridgehead atoms. The molecule has 24 heavy (non-hydrogen) atoms. The minimum atomic E-state index is -0.0230. The average Bonchev–Trinajstić information content (AvgIpc) is 2.91. The molecular weight excluding hydrogens is 346 g/mol. The Morgan fingerprint density at radius 3 is 3.00 bits per heavy atom. The normalized spacial score (nSPS) is 14.6. The van der Waals surface area contributed by atoms with Crippen molar-refractivity contribution >= 4 is 34.2 Å². The van der Waals surface area contributed by atoms with Crippen molar-refractivity contribution in [3.63, 3.8) is 0 Å². The third kappa shape index (κ3) is 3.11. The van der Waals surface area contributed by atoms with E-state index in [0.717, 1.165) is 25.1 Å². The van der Waals surface area contributed by atoms with Crippen LogP contribution in [0.15, 0.2) is 17.1 Å². The zero-order chi connectivity index (χ0) is 17.3. The minimum absolute atomic E-state index is 0.0230. The van der Waals surface area contributed by atoms with Crippen LogP contribution in [0.1, 0.15) is 21.6 Å². The first-order valence-electron chi connectivity index (χ1n) is 7.37. The van der Waals surface area contributed by atoms with Crippen molar-refractivity contribution in [1.82, 2.24) is 4.90 Å². The number of likely N-dealkylation sites (N-methyl/N-ethyl adjacent to an activating group) is 1. The molecule has 1 aromatic carbocycles. The molecule has 0 radical (unpaired) electrons. The maximum atomic E-state index is 10.2. The Morgan fingerprint density at radius 2 is 2.29 bits per heavy atom. The first-order valence-corrected chi connectivity index (χ1v) is 8.56. The molecule has 5 nitrogen and oxygen atoms in total. The van der Waals surface area contributed by atoms with Gasteiger partial charge >= 0.3 is 0 Å². The van der Waals surface area contributed by atoms with Gasteiger partial charge in [-0.1, -0.05) is 11.6 Å². The molecule has 0 fully saturated rings. The van der Waals surface area contributed by atoms with E-state index in [1.807, 2.05) is 0 Å². The van der Waals surface area contributed by atoms with Crippen LogP contribution >= 0.6 is 22.9 Å². The van der Waals surface area contributed by atoms with Crippen molar-refractivity contribution in [3.05, 3.63) is 38.7 Å². The predicted molar refractivity (Wildman–Crippen MR) is 96.0 cm³/mol. The van der Waals surface area contributed by atoms with Crippen molar-refractivity contribution in [2.45, 2.75) is 13.0 Å². The molecule has 1 aliphatic rings. The van der Waals surface area contributed by atoms with Gasteiger partial charge in [0.05, 0.1) is 12.7 Å². The quantitative estimate of drug-likeness (QED) is 0.846. The standard InChI is InChI=1S/C17H16ClN3O2S/c1-21-4-3-12-13(7-19)17(24-15(12)9-21)20-8-10-5-11(18)6-14(23-2)16(10)22/h5-6,8,22H,3-4,9H2,1-2H3. The first kappa shape index (κ1) is 16.8. The molecule has 2 aromatic rings. The Kier molecular flexibility index (Phi) is 4.76. The van der Waals surface area contributed by atoms with E-state index in [1.54, 1.807) is 6.07 Å². The molecule has 1 N–H and O–H groups in total. The van der Waals surface area contributed by atoms with E-state index in [4.69, 9.17) is 16.3 Å². The van der Waals surface area contributed by atoms with Gasteiger partial charge in [-0.2, -0.15) is 5.26 Å². The van der Waals surface area contributed by atoms with Gasteiger partial charge in [-0.05, 0) is 25.1 Å². The summed E-state index contributed by atoms with van der Waals surface area (Å²) in [6.07, 6.45) is 2.38. The third-order valence-electron chi connectivity index (χ3n) is 3.95. The number of fused-ring (bicyclic) bond motifs is 1. The molecule has 7 heteroatoms. The highest BCUT2D eigenvalue weighted by Crippen LogP contribution is 2.39. The number of hydrogen-bond acceptors (Lipinski definition) is 6. The van der Waals surface area contributed by atoms with E-state index in [1.165, 1.54) is 35.6 Å². The van der Waals surface area contributed by atoms with Gasteiger partial charge in [-0.3, -0.25) is 0 Å². The van der Waals surface area contributed by atoms with Crippen LogP contribution < -0.4 is 4.74 Å². The average molecular weight is 362 g/mol. The fourth-order valence-corrected chi connectivity index (χ4v) is 4.14. The van der Waals surface area contributed by atoms with Gasteiger partial charge in [0.1, 0.15) is 11.1 Å². The van der Waals surface area contributed by atoms with Crippen molar-refractivity contribution in [3.8, 4) is 17.6 Å². The zero-order valence-electron chi connectivity index (χ0n) is 13.3. The van der Waals surface area contributed by atoms with Gasteiger partial charge in [-0.25, -0.2) is 4.99 Å². The molecule has 0 saturated carbocycles. The van der Waals surface area contributed by atoms with Crippen molar-refractivity contribution in [1.29, 1.82) is 5.26 Å². The van der Waals surface area contributed by atoms with Crippen LogP contribution in [0.2, 0.25) is 5.02 Å². The lowest BCUT2D eigenvalue weighted by Crippen LogP contribution is -2.25. The summed E-state index contributed by atoms with van der Waals surface area (Å²) in [5, 5.41) is 20.8. The fraction of sp³-hybridized carbons (Fsp3) is 0.294. The van der Waals surface area contributed by atoms with Crippen molar-refractivity contribution in [2.75, 3.05) is 20.7 Å². The second kappa shape index (κ2) is 6.81. The molecule has 3 rings (SSSR count). The number of ether oxygens (including phenoxy) is 1. The van der Waals surface area contributed by atoms with Gasteiger partial charge < -0.3 is 14.7 Å². The molecule has 0 unspecified atom stereocenters. The molecule has 0 atom stereocenters. The van der Waals surface area contributed by atoms with Crippen LogP contribution in [0.4, 0.5) is 5.00 Å². The van der Waals surface area contributed by atoms with Crippen molar-refractivity contribution < 1.29 is 9.84 Å². The molecule has 0 aliphatic carbocycles. The number of aromatic hydroxyl groups is 1. The molecule has 0 saturated heterocycles. The number of nitriles is 1.